The molecule has 0 saturated heterocycles. The molecule has 1 atom stereocenters. The summed E-state index contributed by atoms with van der Waals surface area (Å²) in [5.41, 5.74) is 3.39. The van der Waals surface area contributed by atoms with Crippen LogP contribution in [0.4, 0.5) is 11.4 Å². The third kappa shape index (κ3) is 5.33. The molecule has 0 aliphatic rings. The first-order chi connectivity index (χ1) is 15.8. The average molecular weight is 467 g/mol. The fraction of sp³-hybridized carbons (Fsp3) is 0.333. The lowest BCUT2D eigenvalue weighted by atomic mass is 10.0. The van der Waals surface area contributed by atoms with Gasteiger partial charge in [-0.1, -0.05) is 36.4 Å². The smallest absolute Gasteiger partial charge is 0.189 e. The topological polar surface area (TPSA) is 49.9 Å². The predicted octanol–water partition coefficient (Wildman–Crippen LogP) is 5.56. The Labute approximate surface area is 198 Å². The standard InChI is InChI=1S/C27H34N2O3S/c1-6-29(7-2)23-18-19-25(26(20-23)32-8-3)27(21-14-16-22(17-15-21)28(4)5)33(30,31)24-12-10-9-11-13-24/h9-20,27H,6-8H2,1-5H3. The third-order valence-corrected chi connectivity index (χ3v) is 7.88. The monoisotopic (exact) mass is 466 g/mol. The van der Waals surface area contributed by atoms with Gasteiger partial charge in [-0.2, -0.15) is 0 Å². The zero-order valence-corrected chi connectivity index (χ0v) is 21.0. The van der Waals surface area contributed by atoms with Crippen molar-refractivity contribution in [3.05, 3.63) is 83.9 Å². The van der Waals surface area contributed by atoms with Gasteiger partial charge in [0, 0.05) is 50.2 Å². The summed E-state index contributed by atoms with van der Waals surface area (Å²) in [5.74, 6) is 0.600. The lowest BCUT2D eigenvalue weighted by Crippen LogP contribution is -2.22. The normalized spacial score (nSPS) is 12.3. The van der Waals surface area contributed by atoms with E-state index in [0.717, 1.165) is 24.5 Å². The molecule has 6 heteroatoms. The second-order valence-electron chi connectivity index (χ2n) is 8.05. The van der Waals surface area contributed by atoms with Crippen molar-refractivity contribution in [3.63, 3.8) is 0 Å². The first-order valence-corrected chi connectivity index (χ1v) is 13.0. The molecule has 1 unspecified atom stereocenters. The Morgan fingerprint density at radius 3 is 1.97 bits per heavy atom. The summed E-state index contributed by atoms with van der Waals surface area (Å²) in [6.07, 6.45) is 0. The molecule has 0 radical (unpaired) electrons. The highest BCUT2D eigenvalue weighted by atomic mass is 32.2. The highest BCUT2D eigenvalue weighted by Crippen LogP contribution is 2.41. The van der Waals surface area contributed by atoms with E-state index >= 15 is 0 Å². The minimum absolute atomic E-state index is 0.293. The SMILES string of the molecule is CCOc1cc(N(CC)CC)ccc1C(c1ccc(N(C)C)cc1)S(=O)(=O)c1ccccc1. The molecule has 5 nitrogen and oxygen atoms in total. The van der Waals surface area contributed by atoms with Gasteiger partial charge in [0.1, 0.15) is 11.0 Å². The molecule has 33 heavy (non-hydrogen) atoms. The van der Waals surface area contributed by atoms with Gasteiger partial charge >= 0.3 is 0 Å². The van der Waals surface area contributed by atoms with Crippen LogP contribution in [0.25, 0.3) is 0 Å². The number of nitrogens with zero attached hydrogens (tertiary/aromatic N) is 2. The summed E-state index contributed by atoms with van der Waals surface area (Å²) in [7, 11) is 0.197. The second kappa shape index (κ2) is 10.8. The fourth-order valence-electron chi connectivity index (χ4n) is 4.02. The quantitative estimate of drug-likeness (QED) is 0.391. The van der Waals surface area contributed by atoms with E-state index < -0.39 is 15.1 Å². The summed E-state index contributed by atoms with van der Waals surface area (Å²) in [6, 6.07) is 22.2. The molecule has 3 aromatic carbocycles. The highest BCUT2D eigenvalue weighted by molar-refractivity contribution is 7.92. The Morgan fingerprint density at radius 1 is 0.818 bits per heavy atom. The molecule has 0 N–H and O–H groups in total. The van der Waals surface area contributed by atoms with Crippen molar-refractivity contribution in [1.29, 1.82) is 0 Å². The zero-order valence-electron chi connectivity index (χ0n) is 20.2. The number of hydrogen-bond donors (Lipinski definition) is 0. The van der Waals surface area contributed by atoms with Crippen LogP contribution < -0.4 is 14.5 Å². The lowest BCUT2D eigenvalue weighted by Gasteiger charge is -2.26. The molecule has 176 valence electrons. The number of hydrogen-bond acceptors (Lipinski definition) is 5. The largest absolute Gasteiger partial charge is 0.493 e. The van der Waals surface area contributed by atoms with Crippen LogP contribution in [0.2, 0.25) is 0 Å². The van der Waals surface area contributed by atoms with Gasteiger partial charge in [-0.25, -0.2) is 8.42 Å². The molecule has 3 rings (SSSR count). The minimum Gasteiger partial charge on any atom is -0.493 e. The number of anilines is 2. The van der Waals surface area contributed by atoms with Crippen molar-refractivity contribution < 1.29 is 13.2 Å². The molecule has 3 aromatic rings. The van der Waals surface area contributed by atoms with E-state index in [0.29, 0.717) is 28.4 Å². The van der Waals surface area contributed by atoms with E-state index in [1.54, 1.807) is 24.3 Å². The maximum atomic E-state index is 14.0. The van der Waals surface area contributed by atoms with Crippen LogP contribution in [-0.2, 0) is 9.84 Å². The summed E-state index contributed by atoms with van der Waals surface area (Å²) < 4.78 is 33.9. The highest BCUT2D eigenvalue weighted by Gasteiger charge is 2.33. The van der Waals surface area contributed by atoms with Crippen molar-refractivity contribution in [2.24, 2.45) is 0 Å². The van der Waals surface area contributed by atoms with Gasteiger partial charge in [0.25, 0.3) is 0 Å². The van der Waals surface area contributed by atoms with Crippen LogP contribution in [0.15, 0.2) is 77.7 Å². The average Bonchev–Trinajstić information content (AvgIpc) is 2.82. The molecule has 0 heterocycles. The number of sulfone groups is 1. The molecule has 0 amide bonds. The van der Waals surface area contributed by atoms with Gasteiger partial charge in [0.05, 0.1) is 11.5 Å². The number of ether oxygens (including phenoxy) is 1. The molecule has 0 aromatic heterocycles. The van der Waals surface area contributed by atoms with Crippen LogP contribution in [0.1, 0.15) is 37.1 Å². The zero-order chi connectivity index (χ0) is 24.0. The van der Waals surface area contributed by atoms with E-state index in [1.165, 1.54) is 0 Å². The predicted molar refractivity (Wildman–Crippen MR) is 137 cm³/mol. The second-order valence-corrected chi connectivity index (χ2v) is 10.1. The van der Waals surface area contributed by atoms with E-state index in [1.807, 2.05) is 74.4 Å². The Kier molecular flexibility index (Phi) is 8.03. The van der Waals surface area contributed by atoms with E-state index in [9.17, 15) is 8.42 Å². The molecule has 0 aliphatic heterocycles. The summed E-state index contributed by atoms with van der Waals surface area (Å²) in [4.78, 5) is 4.51. The van der Waals surface area contributed by atoms with Crippen molar-refractivity contribution in [2.45, 2.75) is 30.9 Å². The van der Waals surface area contributed by atoms with Gasteiger partial charge in [-0.3, -0.25) is 0 Å². The van der Waals surface area contributed by atoms with Gasteiger partial charge in [0.2, 0.25) is 0 Å². The van der Waals surface area contributed by atoms with Gasteiger partial charge in [-0.05, 0) is 56.7 Å². The molecule has 0 saturated carbocycles. The molecular weight excluding hydrogens is 432 g/mol. The maximum Gasteiger partial charge on any atom is 0.189 e. The Morgan fingerprint density at radius 2 is 1.42 bits per heavy atom. The summed E-state index contributed by atoms with van der Waals surface area (Å²) in [5, 5.41) is -0.886. The number of benzene rings is 3. The van der Waals surface area contributed by atoms with Gasteiger partial charge in [0.15, 0.2) is 9.84 Å². The first-order valence-electron chi connectivity index (χ1n) is 11.4. The molecular formula is C27H34N2O3S. The van der Waals surface area contributed by atoms with Crippen LogP contribution >= 0.6 is 0 Å². The van der Waals surface area contributed by atoms with Crippen molar-refractivity contribution in [2.75, 3.05) is 43.6 Å². The van der Waals surface area contributed by atoms with Crippen LogP contribution in [0, 0.1) is 0 Å². The Hall–Kier alpha value is -2.99. The fourth-order valence-corrected chi connectivity index (χ4v) is 5.88. The maximum absolute atomic E-state index is 14.0. The first kappa shape index (κ1) is 24.6. The van der Waals surface area contributed by atoms with Crippen molar-refractivity contribution in [3.8, 4) is 5.75 Å². The minimum atomic E-state index is -3.73. The van der Waals surface area contributed by atoms with E-state index in [4.69, 9.17) is 4.74 Å². The van der Waals surface area contributed by atoms with Crippen LogP contribution in [0.3, 0.4) is 0 Å². The van der Waals surface area contributed by atoms with E-state index in [-0.39, 0.29) is 0 Å². The molecule has 0 spiro atoms. The van der Waals surface area contributed by atoms with Crippen LogP contribution in [0.5, 0.6) is 5.75 Å². The summed E-state index contributed by atoms with van der Waals surface area (Å²) >= 11 is 0. The Balaban J connectivity index is 2.23. The molecule has 0 aliphatic carbocycles. The van der Waals surface area contributed by atoms with Gasteiger partial charge < -0.3 is 14.5 Å². The number of rotatable bonds is 10. The molecule has 0 bridgehead atoms. The van der Waals surface area contributed by atoms with Crippen LogP contribution in [-0.4, -0.2) is 42.2 Å². The molecule has 0 fully saturated rings. The Bertz CT molecular complexity index is 1140. The van der Waals surface area contributed by atoms with E-state index in [2.05, 4.69) is 18.7 Å². The third-order valence-electron chi connectivity index (χ3n) is 5.80. The van der Waals surface area contributed by atoms with Crippen molar-refractivity contribution >= 4 is 21.2 Å². The van der Waals surface area contributed by atoms with Crippen molar-refractivity contribution in [1.82, 2.24) is 0 Å². The van der Waals surface area contributed by atoms with Gasteiger partial charge in [-0.15, -0.1) is 0 Å². The lowest BCUT2D eigenvalue weighted by molar-refractivity contribution is 0.336. The summed E-state index contributed by atoms with van der Waals surface area (Å²) in [6.45, 7) is 8.30.